The lowest BCUT2D eigenvalue weighted by atomic mass is 9.95. The first-order valence-corrected chi connectivity index (χ1v) is 8.15. The molecule has 1 N–H and O–H groups in total. The number of hydrogen-bond donors (Lipinski definition) is 1. The highest BCUT2D eigenvalue weighted by molar-refractivity contribution is 5.21. The molecule has 2 aromatic rings. The molecule has 1 heterocycles. The molecule has 21 heavy (non-hydrogen) atoms. The van der Waals surface area contributed by atoms with Gasteiger partial charge in [0.15, 0.2) is 0 Å². The van der Waals surface area contributed by atoms with Gasteiger partial charge in [0.05, 0.1) is 0 Å². The quantitative estimate of drug-likeness (QED) is 0.805. The van der Waals surface area contributed by atoms with Crippen molar-refractivity contribution in [2.45, 2.75) is 51.1 Å². The van der Waals surface area contributed by atoms with Crippen molar-refractivity contribution < 1.29 is 0 Å². The summed E-state index contributed by atoms with van der Waals surface area (Å²) in [7, 11) is 0. The lowest BCUT2D eigenvalue weighted by Gasteiger charge is -2.18. The van der Waals surface area contributed by atoms with E-state index >= 15 is 0 Å². The van der Waals surface area contributed by atoms with E-state index in [1.165, 1.54) is 24.2 Å². The topological polar surface area (TPSA) is 29.9 Å². The van der Waals surface area contributed by atoms with Crippen molar-refractivity contribution in [2.75, 3.05) is 6.54 Å². The number of benzene rings is 1. The predicted molar refractivity (Wildman–Crippen MR) is 86.4 cm³/mol. The SMILES string of the molecule is CCCn1ccnc1CC(CNC1CC1)c1ccccc1. The second kappa shape index (κ2) is 6.90. The van der Waals surface area contributed by atoms with Crippen LogP contribution in [0.25, 0.3) is 0 Å². The summed E-state index contributed by atoms with van der Waals surface area (Å²) in [5.41, 5.74) is 1.41. The molecule has 3 rings (SSSR count). The van der Waals surface area contributed by atoms with Crippen LogP contribution in [0, 0.1) is 0 Å². The van der Waals surface area contributed by atoms with E-state index in [-0.39, 0.29) is 0 Å². The molecule has 1 fully saturated rings. The van der Waals surface area contributed by atoms with Crippen molar-refractivity contribution in [3.8, 4) is 0 Å². The predicted octanol–water partition coefficient (Wildman–Crippen LogP) is 3.37. The van der Waals surface area contributed by atoms with Gasteiger partial charge in [0, 0.05) is 43.9 Å². The molecule has 1 atom stereocenters. The molecule has 0 radical (unpaired) electrons. The van der Waals surface area contributed by atoms with Crippen LogP contribution < -0.4 is 5.32 Å². The number of imidazole rings is 1. The van der Waals surface area contributed by atoms with E-state index in [0.717, 1.165) is 32.0 Å². The molecule has 3 nitrogen and oxygen atoms in total. The van der Waals surface area contributed by atoms with Crippen LogP contribution in [0.3, 0.4) is 0 Å². The maximum absolute atomic E-state index is 4.58. The number of nitrogens with one attached hydrogen (secondary N) is 1. The molecule has 0 saturated heterocycles. The molecule has 1 aliphatic carbocycles. The summed E-state index contributed by atoms with van der Waals surface area (Å²) < 4.78 is 2.30. The Morgan fingerprint density at radius 3 is 2.81 bits per heavy atom. The van der Waals surface area contributed by atoms with Gasteiger partial charge in [-0.2, -0.15) is 0 Å². The summed E-state index contributed by atoms with van der Waals surface area (Å²) in [5, 5.41) is 3.68. The first-order chi connectivity index (χ1) is 10.4. The third kappa shape index (κ3) is 3.94. The van der Waals surface area contributed by atoms with Crippen molar-refractivity contribution in [1.29, 1.82) is 0 Å². The van der Waals surface area contributed by atoms with Gasteiger partial charge in [-0.15, -0.1) is 0 Å². The summed E-state index contributed by atoms with van der Waals surface area (Å²) in [6.45, 7) is 4.33. The van der Waals surface area contributed by atoms with E-state index < -0.39 is 0 Å². The van der Waals surface area contributed by atoms with Crippen LogP contribution in [0.15, 0.2) is 42.7 Å². The average Bonchev–Trinajstić information content (AvgIpc) is 3.25. The number of rotatable bonds is 8. The van der Waals surface area contributed by atoms with E-state index in [0.29, 0.717) is 5.92 Å². The van der Waals surface area contributed by atoms with Crippen molar-refractivity contribution >= 4 is 0 Å². The number of nitrogens with zero attached hydrogens (tertiary/aromatic N) is 2. The molecule has 0 bridgehead atoms. The molecule has 1 aliphatic rings. The minimum atomic E-state index is 0.504. The standard InChI is InChI=1S/C18H25N3/c1-2-11-21-12-10-19-18(21)13-16(14-20-17-8-9-17)15-6-4-3-5-7-15/h3-7,10,12,16-17,20H,2,8-9,11,13-14H2,1H3. The van der Waals surface area contributed by atoms with E-state index in [2.05, 4.69) is 58.3 Å². The lowest BCUT2D eigenvalue weighted by Crippen LogP contribution is -2.25. The molecule has 112 valence electrons. The summed E-state index contributed by atoms with van der Waals surface area (Å²) in [6, 6.07) is 11.6. The van der Waals surface area contributed by atoms with Crippen molar-refractivity contribution in [1.82, 2.24) is 14.9 Å². The van der Waals surface area contributed by atoms with Crippen LogP contribution >= 0.6 is 0 Å². The molecular formula is C18H25N3. The monoisotopic (exact) mass is 283 g/mol. The van der Waals surface area contributed by atoms with Gasteiger partial charge in [0.1, 0.15) is 5.82 Å². The second-order valence-electron chi connectivity index (χ2n) is 6.03. The third-order valence-electron chi connectivity index (χ3n) is 4.20. The van der Waals surface area contributed by atoms with Crippen LogP contribution in [0.2, 0.25) is 0 Å². The van der Waals surface area contributed by atoms with E-state index in [1.807, 2.05) is 6.20 Å². The summed E-state index contributed by atoms with van der Waals surface area (Å²) >= 11 is 0. The Balaban J connectivity index is 1.72. The van der Waals surface area contributed by atoms with Crippen molar-refractivity contribution in [3.63, 3.8) is 0 Å². The average molecular weight is 283 g/mol. The van der Waals surface area contributed by atoms with Crippen molar-refractivity contribution in [2.24, 2.45) is 0 Å². The highest BCUT2D eigenvalue weighted by atomic mass is 15.1. The van der Waals surface area contributed by atoms with E-state index in [1.54, 1.807) is 0 Å². The second-order valence-corrected chi connectivity index (χ2v) is 6.03. The fourth-order valence-corrected chi connectivity index (χ4v) is 2.82. The Kier molecular flexibility index (Phi) is 4.71. The highest BCUT2D eigenvalue weighted by Gasteiger charge is 2.23. The molecule has 1 aromatic carbocycles. The van der Waals surface area contributed by atoms with Gasteiger partial charge >= 0.3 is 0 Å². The van der Waals surface area contributed by atoms with Crippen molar-refractivity contribution in [3.05, 3.63) is 54.1 Å². The Labute approximate surface area is 127 Å². The fourth-order valence-electron chi connectivity index (χ4n) is 2.82. The van der Waals surface area contributed by atoms with Gasteiger partial charge in [0.25, 0.3) is 0 Å². The zero-order valence-corrected chi connectivity index (χ0v) is 12.8. The van der Waals surface area contributed by atoms with Gasteiger partial charge in [-0.25, -0.2) is 4.98 Å². The van der Waals surface area contributed by atoms with Gasteiger partial charge in [-0.3, -0.25) is 0 Å². The first-order valence-electron chi connectivity index (χ1n) is 8.15. The maximum atomic E-state index is 4.58. The number of hydrogen-bond acceptors (Lipinski definition) is 2. The van der Waals surface area contributed by atoms with Gasteiger partial charge in [-0.1, -0.05) is 37.3 Å². The molecule has 1 aromatic heterocycles. The molecule has 0 spiro atoms. The van der Waals surface area contributed by atoms with Gasteiger partial charge in [0.2, 0.25) is 0 Å². The molecule has 0 aliphatic heterocycles. The summed E-state index contributed by atoms with van der Waals surface area (Å²) in [5.74, 6) is 1.72. The normalized spacial score (nSPS) is 16.0. The third-order valence-corrected chi connectivity index (χ3v) is 4.20. The lowest BCUT2D eigenvalue weighted by molar-refractivity contribution is 0.543. The Morgan fingerprint density at radius 2 is 2.10 bits per heavy atom. The number of aromatic nitrogens is 2. The largest absolute Gasteiger partial charge is 0.335 e. The Morgan fingerprint density at radius 1 is 1.29 bits per heavy atom. The fraction of sp³-hybridized carbons (Fsp3) is 0.500. The van der Waals surface area contributed by atoms with Crippen LogP contribution in [0.1, 0.15) is 43.5 Å². The van der Waals surface area contributed by atoms with E-state index in [4.69, 9.17) is 0 Å². The minimum absolute atomic E-state index is 0.504. The van der Waals surface area contributed by atoms with Crippen LogP contribution in [0.5, 0.6) is 0 Å². The zero-order valence-electron chi connectivity index (χ0n) is 12.8. The van der Waals surface area contributed by atoms with Crippen LogP contribution in [-0.4, -0.2) is 22.1 Å². The first kappa shape index (κ1) is 14.3. The van der Waals surface area contributed by atoms with Crippen LogP contribution in [-0.2, 0) is 13.0 Å². The molecule has 3 heteroatoms. The smallest absolute Gasteiger partial charge is 0.109 e. The molecule has 1 saturated carbocycles. The molecular weight excluding hydrogens is 258 g/mol. The van der Waals surface area contributed by atoms with Gasteiger partial charge < -0.3 is 9.88 Å². The molecule has 1 unspecified atom stereocenters. The summed E-state index contributed by atoms with van der Waals surface area (Å²) in [4.78, 5) is 4.58. The number of aryl methyl sites for hydroxylation is 1. The molecule has 0 amide bonds. The van der Waals surface area contributed by atoms with Gasteiger partial charge in [-0.05, 0) is 24.8 Å². The Hall–Kier alpha value is -1.61. The Bertz CT molecular complexity index is 543. The van der Waals surface area contributed by atoms with E-state index in [9.17, 15) is 0 Å². The maximum Gasteiger partial charge on any atom is 0.109 e. The van der Waals surface area contributed by atoms with Crippen LogP contribution in [0.4, 0.5) is 0 Å². The minimum Gasteiger partial charge on any atom is -0.335 e. The summed E-state index contributed by atoms with van der Waals surface area (Å²) in [6.07, 6.45) is 8.88. The zero-order chi connectivity index (χ0) is 14.5. The highest BCUT2D eigenvalue weighted by Crippen LogP contribution is 2.23.